The first kappa shape index (κ1) is 8.50. The largest absolute Gasteiger partial charge is 0.293 e. The molecule has 0 bridgehead atoms. The van der Waals surface area contributed by atoms with Crippen LogP contribution in [0.15, 0.2) is 23.1 Å². The molecule has 0 aromatic carbocycles. The Morgan fingerprint density at radius 3 is 3.08 bits per heavy atom. The summed E-state index contributed by atoms with van der Waals surface area (Å²) < 4.78 is 4.30. The number of aromatic nitrogens is 2. The van der Waals surface area contributed by atoms with Crippen LogP contribution < -0.4 is 0 Å². The molecule has 2 nitrogen and oxygen atoms in total. The second-order valence-electron chi connectivity index (χ2n) is 2.59. The number of imidazole rings is 1. The second kappa shape index (κ2) is 2.99. The highest BCUT2D eigenvalue weighted by Gasteiger charge is 2.05. The molecule has 2 rings (SSSR count). The average molecular weight is 337 g/mol. The maximum Gasteiger partial charge on any atom is 0.151 e. The summed E-state index contributed by atoms with van der Waals surface area (Å²) in [7, 11) is 0. The van der Waals surface area contributed by atoms with Crippen molar-refractivity contribution >= 4 is 44.2 Å². The van der Waals surface area contributed by atoms with Gasteiger partial charge in [0, 0.05) is 12.4 Å². The molecule has 2 aromatic heterocycles. The summed E-state index contributed by atoms with van der Waals surface area (Å²) >= 11 is 5.81. The first-order valence-electron chi connectivity index (χ1n) is 3.48. The first-order chi connectivity index (χ1) is 5.70. The van der Waals surface area contributed by atoms with Crippen LogP contribution >= 0.6 is 38.5 Å². The average Bonchev–Trinajstić information content (AvgIpc) is 2.48. The Bertz CT molecular complexity index is 436. The molecule has 0 aliphatic rings. The van der Waals surface area contributed by atoms with Crippen LogP contribution in [0.1, 0.15) is 5.56 Å². The van der Waals surface area contributed by atoms with Crippen molar-refractivity contribution in [1.82, 2.24) is 9.38 Å². The number of fused-ring (bicyclic) bond motifs is 1. The fourth-order valence-electron chi connectivity index (χ4n) is 1.14. The Balaban J connectivity index is 2.97. The quantitative estimate of drug-likeness (QED) is 0.534. The molecule has 0 amide bonds. The van der Waals surface area contributed by atoms with Crippen molar-refractivity contribution in [2.45, 2.75) is 6.92 Å². The van der Waals surface area contributed by atoms with Gasteiger partial charge in [0.2, 0.25) is 0 Å². The van der Waals surface area contributed by atoms with Gasteiger partial charge in [0.15, 0.2) is 5.65 Å². The number of pyridine rings is 1. The van der Waals surface area contributed by atoms with Crippen molar-refractivity contribution in [3.63, 3.8) is 0 Å². The monoisotopic (exact) mass is 336 g/mol. The molecule has 2 heterocycles. The number of halogens is 2. The third-order valence-electron chi connectivity index (χ3n) is 1.73. The fraction of sp³-hybridized carbons (Fsp3) is 0.125. The summed E-state index contributed by atoms with van der Waals surface area (Å²) in [6.45, 7) is 2.08. The van der Waals surface area contributed by atoms with Gasteiger partial charge in [-0.3, -0.25) is 4.40 Å². The predicted molar refractivity (Wildman–Crippen MR) is 60.3 cm³/mol. The second-order valence-corrected chi connectivity index (χ2v) is 4.50. The molecule has 0 N–H and O–H groups in total. The van der Waals surface area contributed by atoms with E-state index in [9.17, 15) is 0 Å². The van der Waals surface area contributed by atoms with Crippen molar-refractivity contribution in [3.05, 3.63) is 32.2 Å². The number of aryl methyl sites for hydroxylation is 1. The number of hydrogen-bond donors (Lipinski definition) is 0. The van der Waals surface area contributed by atoms with Gasteiger partial charge in [-0.1, -0.05) is 0 Å². The molecule has 62 valence electrons. The highest BCUT2D eigenvalue weighted by atomic mass is 127. The molecule has 0 unspecified atom stereocenters. The van der Waals surface area contributed by atoms with Gasteiger partial charge < -0.3 is 0 Å². The number of hydrogen-bond acceptors (Lipinski definition) is 1. The highest BCUT2D eigenvalue weighted by Crippen LogP contribution is 2.22. The molecule has 2 aromatic rings. The standard InChI is InChI=1S/C8H6BrIN2/c1-5-4-6(10)8-11-2-3-12(8)7(5)9/h2-4H,1H3. The van der Waals surface area contributed by atoms with E-state index in [1.165, 1.54) is 9.13 Å². The number of rotatable bonds is 0. The predicted octanol–water partition coefficient (Wildman–Crippen LogP) is 3.01. The van der Waals surface area contributed by atoms with E-state index in [0.717, 1.165) is 10.3 Å². The van der Waals surface area contributed by atoms with E-state index in [0.29, 0.717) is 0 Å². The summed E-state index contributed by atoms with van der Waals surface area (Å²) in [5.74, 6) is 0. The van der Waals surface area contributed by atoms with Gasteiger partial charge in [-0.2, -0.15) is 0 Å². The van der Waals surface area contributed by atoms with E-state index in [1.54, 1.807) is 0 Å². The van der Waals surface area contributed by atoms with Crippen molar-refractivity contribution < 1.29 is 0 Å². The zero-order valence-electron chi connectivity index (χ0n) is 6.38. The van der Waals surface area contributed by atoms with Crippen LogP contribution in [0.3, 0.4) is 0 Å². The van der Waals surface area contributed by atoms with E-state index >= 15 is 0 Å². The molecule has 0 aliphatic carbocycles. The third kappa shape index (κ3) is 1.17. The maximum atomic E-state index is 4.25. The summed E-state index contributed by atoms with van der Waals surface area (Å²) in [5, 5.41) is 0. The van der Waals surface area contributed by atoms with Crippen molar-refractivity contribution in [3.8, 4) is 0 Å². The normalized spacial score (nSPS) is 10.9. The molecule has 0 atom stereocenters. The SMILES string of the molecule is Cc1cc(I)c2nccn2c1Br. The Kier molecular flexibility index (Phi) is 2.12. The third-order valence-corrected chi connectivity index (χ3v) is 3.54. The minimum absolute atomic E-state index is 1.01. The smallest absolute Gasteiger partial charge is 0.151 e. The molecule has 0 aliphatic heterocycles. The Morgan fingerprint density at radius 1 is 1.58 bits per heavy atom. The number of nitrogens with zero attached hydrogens (tertiary/aromatic N) is 2. The van der Waals surface area contributed by atoms with E-state index in [2.05, 4.69) is 56.5 Å². The van der Waals surface area contributed by atoms with Gasteiger partial charge in [-0.25, -0.2) is 4.98 Å². The van der Waals surface area contributed by atoms with Crippen molar-refractivity contribution in [2.24, 2.45) is 0 Å². The van der Waals surface area contributed by atoms with Crippen LogP contribution in [-0.2, 0) is 0 Å². The molecule has 0 fully saturated rings. The van der Waals surface area contributed by atoms with Gasteiger partial charge in [-0.05, 0) is 57.1 Å². The molecule has 4 heteroatoms. The molecule has 0 spiro atoms. The lowest BCUT2D eigenvalue weighted by Gasteiger charge is -2.03. The zero-order chi connectivity index (χ0) is 8.72. The Labute approximate surface area is 92.3 Å². The summed E-state index contributed by atoms with van der Waals surface area (Å²) in [4.78, 5) is 4.25. The minimum Gasteiger partial charge on any atom is -0.293 e. The van der Waals surface area contributed by atoms with E-state index < -0.39 is 0 Å². The lowest BCUT2D eigenvalue weighted by atomic mass is 10.3. The fourth-order valence-corrected chi connectivity index (χ4v) is 2.41. The van der Waals surface area contributed by atoms with Crippen LogP contribution in [0.5, 0.6) is 0 Å². The zero-order valence-corrected chi connectivity index (χ0v) is 10.1. The van der Waals surface area contributed by atoms with Crippen LogP contribution in [0, 0.1) is 10.5 Å². The summed E-state index contributed by atoms with van der Waals surface area (Å²) in [6, 6.07) is 2.12. The van der Waals surface area contributed by atoms with Gasteiger partial charge in [-0.15, -0.1) is 0 Å². The minimum atomic E-state index is 1.01. The van der Waals surface area contributed by atoms with Gasteiger partial charge in [0.05, 0.1) is 8.17 Å². The summed E-state index contributed by atoms with van der Waals surface area (Å²) in [5.41, 5.74) is 2.23. The molecule has 0 radical (unpaired) electrons. The van der Waals surface area contributed by atoms with Gasteiger partial charge in [0.1, 0.15) is 0 Å². The summed E-state index contributed by atoms with van der Waals surface area (Å²) in [6.07, 6.45) is 3.76. The molecular formula is C8H6BrIN2. The molecule has 12 heavy (non-hydrogen) atoms. The van der Waals surface area contributed by atoms with Crippen LogP contribution in [0.2, 0.25) is 0 Å². The molecule has 0 saturated carbocycles. The first-order valence-corrected chi connectivity index (χ1v) is 5.35. The van der Waals surface area contributed by atoms with Gasteiger partial charge in [0.25, 0.3) is 0 Å². The highest BCUT2D eigenvalue weighted by molar-refractivity contribution is 14.1. The Hall–Kier alpha value is -0.100. The van der Waals surface area contributed by atoms with E-state index in [-0.39, 0.29) is 0 Å². The Morgan fingerprint density at radius 2 is 2.33 bits per heavy atom. The topological polar surface area (TPSA) is 17.3 Å². The molecular weight excluding hydrogens is 331 g/mol. The van der Waals surface area contributed by atoms with Crippen molar-refractivity contribution in [2.75, 3.05) is 0 Å². The van der Waals surface area contributed by atoms with Crippen LogP contribution in [-0.4, -0.2) is 9.38 Å². The lowest BCUT2D eigenvalue weighted by Crippen LogP contribution is -1.92. The van der Waals surface area contributed by atoms with Gasteiger partial charge >= 0.3 is 0 Å². The van der Waals surface area contributed by atoms with E-state index in [1.807, 2.05) is 16.8 Å². The maximum absolute atomic E-state index is 4.25. The molecule has 0 saturated heterocycles. The lowest BCUT2D eigenvalue weighted by molar-refractivity contribution is 1.10. The van der Waals surface area contributed by atoms with Crippen molar-refractivity contribution in [1.29, 1.82) is 0 Å². The van der Waals surface area contributed by atoms with Crippen LogP contribution in [0.25, 0.3) is 5.65 Å². The van der Waals surface area contributed by atoms with E-state index in [4.69, 9.17) is 0 Å². The van der Waals surface area contributed by atoms with Crippen LogP contribution in [0.4, 0.5) is 0 Å².